The predicted molar refractivity (Wildman–Crippen MR) is 130 cm³/mol. The quantitative estimate of drug-likeness (QED) is 0.396. The number of benzene rings is 3. The highest BCUT2D eigenvalue weighted by Crippen LogP contribution is 2.43. The third kappa shape index (κ3) is 4.68. The number of aromatic nitrogens is 3. The standard InChI is InChI=1S/C27H25N3O6/c1-16-5-3-4-6-18(16)13-30-14-19(28-29-30)15-35-20-10-22(32)27-23(33)12-25(36-26(27)11-20)17-7-8-24(34-2)21(31)9-17/h3-11,14,25,31-32H,12-13,15H2,1-2H3/t25-/m0/s1. The summed E-state index contributed by atoms with van der Waals surface area (Å²) in [7, 11) is 1.46. The molecule has 36 heavy (non-hydrogen) atoms. The van der Waals surface area contributed by atoms with Gasteiger partial charge in [0.25, 0.3) is 0 Å². The molecular formula is C27H25N3O6. The van der Waals surface area contributed by atoms with Crippen LogP contribution in [0.3, 0.4) is 0 Å². The van der Waals surface area contributed by atoms with Crippen molar-refractivity contribution < 1.29 is 29.2 Å². The van der Waals surface area contributed by atoms with Crippen molar-refractivity contribution in [1.82, 2.24) is 15.0 Å². The monoisotopic (exact) mass is 487 g/mol. The Kier molecular flexibility index (Phi) is 6.20. The van der Waals surface area contributed by atoms with E-state index in [2.05, 4.69) is 10.3 Å². The second-order valence-corrected chi connectivity index (χ2v) is 8.60. The number of Topliss-reactive ketones (excluding diaryl/α,β-unsaturated/α-hetero) is 1. The molecule has 5 rings (SSSR count). The van der Waals surface area contributed by atoms with E-state index in [0.29, 0.717) is 29.3 Å². The van der Waals surface area contributed by atoms with Crippen molar-refractivity contribution >= 4 is 5.78 Å². The minimum Gasteiger partial charge on any atom is -0.507 e. The molecule has 4 aromatic rings. The van der Waals surface area contributed by atoms with E-state index in [1.54, 1.807) is 29.1 Å². The van der Waals surface area contributed by atoms with Crippen molar-refractivity contribution in [2.24, 2.45) is 0 Å². The number of phenolic OH excluding ortho intramolecular Hbond substituents is 2. The zero-order valence-electron chi connectivity index (χ0n) is 19.8. The van der Waals surface area contributed by atoms with Gasteiger partial charge in [0.1, 0.15) is 41.2 Å². The number of hydrogen-bond acceptors (Lipinski definition) is 8. The zero-order valence-corrected chi connectivity index (χ0v) is 19.8. The van der Waals surface area contributed by atoms with Gasteiger partial charge in [-0.15, -0.1) is 5.10 Å². The largest absolute Gasteiger partial charge is 0.507 e. The predicted octanol–water partition coefficient (Wildman–Crippen LogP) is 4.34. The summed E-state index contributed by atoms with van der Waals surface area (Å²) in [6.07, 6.45) is 1.20. The van der Waals surface area contributed by atoms with Crippen molar-refractivity contribution in [3.05, 3.63) is 88.7 Å². The highest BCUT2D eigenvalue weighted by Gasteiger charge is 2.31. The fourth-order valence-electron chi connectivity index (χ4n) is 4.19. The Balaban J connectivity index is 1.30. The first-order valence-corrected chi connectivity index (χ1v) is 11.4. The molecule has 2 N–H and O–H groups in total. The van der Waals surface area contributed by atoms with E-state index in [-0.39, 0.29) is 41.6 Å². The number of methoxy groups -OCH3 is 1. The Hall–Kier alpha value is -4.53. The molecule has 3 aromatic carbocycles. The highest BCUT2D eigenvalue weighted by molar-refractivity contribution is 6.02. The minimum atomic E-state index is -0.627. The van der Waals surface area contributed by atoms with Crippen LogP contribution < -0.4 is 14.2 Å². The van der Waals surface area contributed by atoms with E-state index in [4.69, 9.17) is 14.2 Å². The second kappa shape index (κ2) is 9.61. The summed E-state index contributed by atoms with van der Waals surface area (Å²) < 4.78 is 18.7. The van der Waals surface area contributed by atoms with Gasteiger partial charge < -0.3 is 24.4 Å². The molecule has 9 heteroatoms. The molecule has 0 saturated carbocycles. The van der Waals surface area contributed by atoms with E-state index in [0.717, 1.165) is 5.56 Å². The van der Waals surface area contributed by atoms with Crippen LogP contribution in [0.25, 0.3) is 0 Å². The fourth-order valence-corrected chi connectivity index (χ4v) is 4.19. The molecule has 1 aliphatic rings. The summed E-state index contributed by atoms with van der Waals surface area (Å²) in [4.78, 5) is 12.8. The van der Waals surface area contributed by atoms with Gasteiger partial charge in [-0.1, -0.05) is 35.5 Å². The molecule has 1 aromatic heterocycles. The summed E-state index contributed by atoms with van der Waals surface area (Å²) in [5.41, 5.74) is 3.66. The van der Waals surface area contributed by atoms with Gasteiger partial charge in [-0.2, -0.15) is 0 Å². The molecule has 0 fully saturated rings. The number of carbonyl (C=O) groups is 1. The van der Waals surface area contributed by atoms with Crippen LogP contribution in [0.15, 0.2) is 60.8 Å². The topological polar surface area (TPSA) is 116 Å². The number of nitrogens with zero attached hydrogens (tertiary/aromatic N) is 3. The maximum Gasteiger partial charge on any atom is 0.174 e. The zero-order chi connectivity index (χ0) is 25.2. The van der Waals surface area contributed by atoms with Crippen molar-refractivity contribution in [3.63, 3.8) is 0 Å². The Morgan fingerprint density at radius 2 is 1.94 bits per heavy atom. The maximum absolute atomic E-state index is 12.8. The molecule has 0 radical (unpaired) electrons. The van der Waals surface area contributed by atoms with Crippen molar-refractivity contribution in [1.29, 1.82) is 0 Å². The minimum absolute atomic E-state index is 0.0243. The van der Waals surface area contributed by atoms with Gasteiger partial charge in [-0.25, -0.2) is 4.68 Å². The second-order valence-electron chi connectivity index (χ2n) is 8.60. The van der Waals surface area contributed by atoms with E-state index < -0.39 is 6.10 Å². The van der Waals surface area contributed by atoms with Gasteiger partial charge in [0.15, 0.2) is 17.3 Å². The number of ether oxygens (including phenoxy) is 3. The Morgan fingerprint density at radius 1 is 1.11 bits per heavy atom. The van der Waals surface area contributed by atoms with Gasteiger partial charge in [0.05, 0.1) is 26.3 Å². The van der Waals surface area contributed by atoms with Crippen LogP contribution in [0.4, 0.5) is 0 Å². The average molecular weight is 488 g/mol. The van der Waals surface area contributed by atoms with E-state index in [9.17, 15) is 15.0 Å². The summed E-state index contributed by atoms with van der Waals surface area (Å²) in [5, 5.41) is 28.9. The first kappa shape index (κ1) is 23.2. The smallest absolute Gasteiger partial charge is 0.174 e. The van der Waals surface area contributed by atoms with Gasteiger partial charge in [-0.05, 0) is 35.7 Å². The first-order valence-electron chi connectivity index (χ1n) is 11.4. The number of aromatic hydroxyl groups is 2. The van der Waals surface area contributed by atoms with Crippen LogP contribution in [0, 0.1) is 6.92 Å². The third-order valence-corrected chi connectivity index (χ3v) is 6.11. The van der Waals surface area contributed by atoms with Crippen LogP contribution in [-0.4, -0.2) is 38.1 Å². The molecule has 0 bridgehead atoms. The normalized spacial score (nSPS) is 14.7. The van der Waals surface area contributed by atoms with E-state index in [1.165, 1.54) is 24.8 Å². The Morgan fingerprint density at radius 3 is 2.72 bits per heavy atom. The third-order valence-electron chi connectivity index (χ3n) is 6.11. The number of hydrogen-bond donors (Lipinski definition) is 2. The van der Waals surface area contributed by atoms with Crippen LogP contribution >= 0.6 is 0 Å². The van der Waals surface area contributed by atoms with Crippen molar-refractivity contribution in [2.75, 3.05) is 7.11 Å². The molecule has 1 atom stereocenters. The number of phenols is 2. The number of ketones is 1. The van der Waals surface area contributed by atoms with Crippen LogP contribution in [0.2, 0.25) is 0 Å². The summed E-state index contributed by atoms with van der Waals surface area (Å²) in [5.74, 6) is 0.333. The highest BCUT2D eigenvalue weighted by atomic mass is 16.5. The average Bonchev–Trinajstić information content (AvgIpc) is 3.31. The van der Waals surface area contributed by atoms with Crippen LogP contribution in [0.5, 0.6) is 28.7 Å². The molecule has 1 aliphatic heterocycles. The van der Waals surface area contributed by atoms with E-state index in [1.807, 2.05) is 31.2 Å². The molecule has 2 heterocycles. The molecule has 0 unspecified atom stereocenters. The summed E-state index contributed by atoms with van der Waals surface area (Å²) in [6.45, 7) is 2.76. The van der Waals surface area contributed by atoms with Crippen LogP contribution in [-0.2, 0) is 13.2 Å². The lowest BCUT2D eigenvalue weighted by atomic mass is 9.95. The van der Waals surface area contributed by atoms with Gasteiger partial charge in [0.2, 0.25) is 0 Å². The van der Waals surface area contributed by atoms with Crippen LogP contribution in [0.1, 0.15) is 45.3 Å². The fraction of sp³-hybridized carbons (Fsp3) is 0.222. The Bertz CT molecular complexity index is 1430. The lowest BCUT2D eigenvalue weighted by Gasteiger charge is -2.26. The number of aryl methyl sites for hydroxylation is 1. The number of rotatable bonds is 7. The molecule has 9 nitrogen and oxygen atoms in total. The summed E-state index contributed by atoms with van der Waals surface area (Å²) in [6, 6.07) is 15.9. The maximum atomic E-state index is 12.8. The molecular weight excluding hydrogens is 462 g/mol. The van der Waals surface area contributed by atoms with Gasteiger partial charge in [0, 0.05) is 12.1 Å². The molecule has 0 aliphatic carbocycles. The number of fused-ring (bicyclic) bond motifs is 1. The summed E-state index contributed by atoms with van der Waals surface area (Å²) >= 11 is 0. The SMILES string of the molecule is COc1ccc([C@@H]2CC(=O)c3c(O)cc(OCc4cn(Cc5ccccc5C)nn4)cc3O2)cc1O. The number of carbonyl (C=O) groups excluding carboxylic acids is 1. The molecule has 184 valence electrons. The molecule has 0 spiro atoms. The van der Waals surface area contributed by atoms with Crippen molar-refractivity contribution in [2.45, 2.75) is 32.6 Å². The lowest BCUT2D eigenvalue weighted by molar-refractivity contribution is 0.0844. The van der Waals surface area contributed by atoms with Gasteiger partial charge >= 0.3 is 0 Å². The Labute approximate surface area is 207 Å². The first-order chi connectivity index (χ1) is 17.4. The molecule has 0 saturated heterocycles. The van der Waals surface area contributed by atoms with Gasteiger partial charge in [-0.3, -0.25) is 4.79 Å². The molecule has 0 amide bonds. The van der Waals surface area contributed by atoms with Crippen molar-refractivity contribution in [3.8, 4) is 28.7 Å². The lowest BCUT2D eigenvalue weighted by Crippen LogP contribution is -2.20. The van der Waals surface area contributed by atoms with E-state index >= 15 is 0 Å².